The summed E-state index contributed by atoms with van der Waals surface area (Å²) in [4.78, 5) is 11.8. The molecule has 2 nitrogen and oxygen atoms in total. The van der Waals surface area contributed by atoms with Crippen molar-refractivity contribution in [1.82, 2.24) is 0 Å². The molecule has 0 amide bonds. The Hall–Kier alpha value is -1.17. The molecule has 18 heavy (non-hydrogen) atoms. The first kappa shape index (κ1) is 14.9. The van der Waals surface area contributed by atoms with Crippen LogP contribution in [0.25, 0.3) is 0 Å². The summed E-state index contributed by atoms with van der Waals surface area (Å²) in [6.45, 7) is 1.71. The van der Waals surface area contributed by atoms with E-state index in [1.165, 1.54) is 31.0 Å². The number of alkyl halides is 3. The number of carbonyl (C=O) groups is 1. The summed E-state index contributed by atoms with van der Waals surface area (Å²) in [6.07, 6.45) is -4.32. The van der Waals surface area contributed by atoms with Gasteiger partial charge in [0.05, 0.1) is 18.6 Å². The van der Waals surface area contributed by atoms with E-state index in [1.54, 1.807) is 6.92 Å². The molecule has 0 bridgehead atoms. The predicted octanol–water partition coefficient (Wildman–Crippen LogP) is 3.61. The fourth-order valence-electron chi connectivity index (χ4n) is 1.23. The van der Waals surface area contributed by atoms with Crippen molar-refractivity contribution in [3.63, 3.8) is 0 Å². The van der Waals surface area contributed by atoms with Gasteiger partial charge in [-0.3, -0.25) is 4.79 Å². The fraction of sp³-hybridized carbons (Fsp3) is 0.417. The van der Waals surface area contributed by atoms with Gasteiger partial charge < -0.3 is 4.74 Å². The summed E-state index contributed by atoms with van der Waals surface area (Å²) >= 11 is 1.32. The second-order valence-electron chi connectivity index (χ2n) is 3.76. The number of methoxy groups -OCH3 is 1. The topological polar surface area (TPSA) is 26.3 Å². The van der Waals surface area contributed by atoms with Crippen LogP contribution in [0.2, 0.25) is 0 Å². The first-order valence-corrected chi connectivity index (χ1v) is 6.21. The van der Waals surface area contributed by atoms with E-state index in [0.717, 1.165) is 12.1 Å². The lowest BCUT2D eigenvalue weighted by molar-refractivity contribution is -0.144. The van der Waals surface area contributed by atoms with Crippen molar-refractivity contribution < 1.29 is 22.7 Å². The largest absolute Gasteiger partial charge is 0.469 e. The molecule has 0 aromatic heterocycles. The third kappa shape index (κ3) is 4.25. The van der Waals surface area contributed by atoms with E-state index in [-0.39, 0.29) is 11.9 Å². The molecule has 0 aliphatic rings. The number of halogens is 3. The van der Waals surface area contributed by atoms with Gasteiger partial charge in [-0.05, 0) is 24.3 Å². The van der Waals surface area contributed by atoms with Crippen LogP contribution in [0.5, 0.6) is 0 Å². The average Bonchev–Trinajstić information content (AvgIpc) is 2.34. The van der Waals surface area contributed by atoms with Crippen molar-refractivity contribution >= 4 is 17.7 Å². The molecule has 0 aliphatic heterocycles. The molecule has 6 heteroatoms. The van der Waals surface area contributed by atoms with E-state index < -0.39 is 11.7 Å². The number of esters is 1. The van der Waals surface area contributed by atoms with Crippen LogP contribution in [0.1, 0.15) is 12.5 Å². The molecule has 0 saturated carbocycles. The second-order valence-corrected chi connectivity index (χ2v) is 4.85. The normalized spacial score (nSPS) is 13.2. The van der Waals surface area contributed by atoms with E-state index >= 15 is 0 Å². The average molecular weight is 278 g/mol. The van der Waals surface area contributed by atoms with Crippen LogP contribution in [0.3, 0.4) is 0 Å². The van der Waals surface area contributed by atoms with E-state index in [1.807, 2.05) is 0 Å². The highest BCUT2D eigenvalue weighted by atomic mass is 32.2. The summed E-state index contributed by atoms with van der Waals surface area (Å²) in [6, 6.07) is 4.87. The maximum atomic E-state index is 12.3. The number of hydrogen-bond donors (Lipinski definition) is 0. The van der Waals surface area contributed by atoms with Crippen molar-refractivity contribution in [3.05, 3.63) is 29.8 Å². The minimum absolute atomic E-state index is 0.290. The van der Waals surface area contributed by atoms with Crippen molar-refractivity contribution in [1.29, 1.82) is 0 Å². The highest BCUT2D eigenvalue weighted by Gasteiger charge is 2.29. The molecule has 1 rings (SSSR count). The zero-order chi connectivity index (χ0) is 13.8. The Bertz CT molecular complexity index is 401. The third-order valence-corrected chi connectivity index (χ3v) is 3.56. The molecular weight excluding hydrogens is 265 g/mol. The Kier molecular flexibility index (Phi) is 5.07. The van der Waals surface area contributed by atoms with Gasteiger partial charge in [0.2, 0.25) is 0 Å². The van der Waals surface area contributed by atoms with Gasteiger partial charge in [-0.15, -0.1) is 11.8 Å². The molecule has 0 fully saturated rings. The molecule has 0 spiro atoms. The molecule has 0 N–H and O–H groups in total. The number of ether oxygens (including phenoxy) is 1. The summed E-state index contributed by atoms with van der Waals surface area (Å²) in [7, 11) is 1.31. The Morgan fingerprint density at radius 3 is 2.33 bits per heavy atom. The lowest BCUT2D eigenvalue weighted by Gasteiger charge is -2.10. The summed E-state index contributed by atoms with van der Waals surface area (Å²) in [5.74, 6) is -0.144. The molecule has 1 aromatic carbocycles. The van der Waals surface area contributed by atoms with Crippen LogP contribution >= 0.6 is 11.8 Å². The van der Waals surface area contributed by atoms with Gasteiger partial charge in [0.25, 0.3) is 0 Å². The number of thioether (sulfide) groups is 1. The van der Waals surface area contributed by atoms with E-state index in [2.05, 4.69) is 4.74 Å². The number of carbonyl (C=O) groups excluding carboxylic acids is 1. The van der Waals surface area contributed by atoms with E-state index in [0.29, 0.717) is 10.6 Å². The zero-order valence-corrected chi connectivity index (χ0v) is 10.8. The summed E-state index contributed by atoms with van der Waals surface area (Å²) in [5.41, 5.74) is -0.673. The maximum Gasteiger partial charge on any atom is 0.416 e. The molecule has 0 aliphatic carbocycles. The standard InChI is InChI=1S/C12H13F3O2S/c1-8(11(16)17-2)7-18-10-5-3-9(4-6-10)12(13,14)15/h3-6,8H,7H2,1-2H3. The van der Waals surface area contributed by atoms with Gasteiger partial charge in [-0.25, -0.2) is 0 Å². The molecular formula is C12H13F3O2S. The van der Waals surface area contributed by atoms with Crippen molar-refractivity contribution in [2.24, 2.45) is 5.92 Å². The molecule has 1 aromatic rings. The smallest absolute Gasteiger partial charge is 0.416 e. The second kappa shape index (κ2) is 6.13. The highest BCUT2D eigenvalue weighted by molar-refractivity contribution is 7.99. The van der Waals surface area contributed by atoms with Crippen molar-refractivity contribution in [3.8, 4) is 0 Å². The molecule has 100 valence electrons. The van der Waals surface area contributed by atoms with E-state index in [4.69, 9.17) is 0 Å². The Labute approximate surface area is 108 Å². The van der Waals surface area contributed by atoms with Crippen LogP contribution in [-0.4, -0.2) is 18.8 Å². The Morgan fingerprint density at radius 1 is 1.33 bits per heavy atom. The van der Waals surface area contributed by atoms with Crippen LogP contribution in [0, 0.1) is 5.92 Å². The minimum atomic E-state index is -4.32. The molecule has 1 unspecified atom stereocenters. The number of hydrogen-bond acceptors (Lipinski definition) is 3. The highest BCUT2D eigenvalue weighted by Crippen LogP contribution is 2.31. The van der Waals surface area contributed by atoms with Gasteiger partial charge in [0.1, 0.15) is 0 Å². The molecule has 1 atom stereocenters. The van der Waals surface area contributed by atoms with Crippen LogP contribution in [0.4, 0.5) is 13.2 Å². The first-order valence-electron chi connectivity index (χ1n) is 5.22. The summed E-state index contributed by atoms with van der Waals surface area (Å²) in [5, 5.41) is 0. The van der Waals surface area contributed by atoms with Gasteiger partial charge in [-0.1, -0.05) is 6.92 Å². The van der Waals surface area contributed by atoms with E-state index in [9.17, 15) is 18.0 Å². The predicted molar refractivity (Wildman–Crippen MR) is 63.3 cm³/mol. The minimum Gasteiger partial charge on any atom is -0.469 e. The van der Waals surface area contributed by atoms with Crippen LogP contribution in [0.15, 0.2) is 29.2 Å². The Morgan fingerprint density at radius 2 is 1.89 bits per heavy atom. The van der Waals surface area contributed by atoms with Crippen molar-refractivity contribution in [2.45, 2.75) is 18.0 Å². The summed E-state index contributed by atoms with van der Waals surface area (Å²) < 4.78 is 41.5. The van der Waals surface area contributed by atoms with Crippen molar-refractivity contribution in [2.75, 3.05) is 12.9 Å². The molecule has 0 saturated heterocycles. The SMILES string of the molecule is COC(=O)C(C)CSc1ccc(C(F)(F)F)cc1. The first-order chi connectivity index (χ1) is 8.34. The maximum absolute atomic E-state index is 12.3. The zero-order valence-electron chi connectivity index (χ0n) is 9.95. The lowest BCUT2D eigenvalue weighted by Crippen LogP contribution is -2.14. The monoisotopic (exact) mass is 278 g/mol. The quantitative estimate of drug-likeness (QED) is 0.621. The van der Waals surface area contributed by atoms with Crippen LogP contribution < -0.4 is 0 Å². The van der Waals surface area contributed by atoms with Gasteiger partial charge in [-0.2, -0.15) is 13.2 Å². The Balaban J connectivity index is 2.57. The lowest BCUT2D eigenvalue weighted by atomic mass is 10.2. The molecule has 0 radical (unpaired) electrons. The number of benzene rings is 1. The number of rotatable bonds is 4. The fourth-order valence-corrected chi connectivity index (χ4v) is 2.14. The van der Waals surface area contributed by atoms with Gasteiger partial charge >= 0.3 is 12.1 Å². The molecule has 0 heterocycles. The third-order valence-electron chi connectivity index (χ3n) is 2.29. The van der Waals surface area contributed by atoms with Crippen LogP contribution in [-0.2, 0) is 15.7 Å². The van der Waals surface area contributed by atoms with Gasteiger partial charge in [0.15, 0.2) is 0 Å². The van der Waals surface area contributed by atoms with Gasteiger partial charge in [0, 0.05) is 10.6 Å².